The molecule has 0 saturated carbocycles. The normalized spacial score (nSPS) is 14.9. The van der Waals surface area contributed by atoms with E-state index in [9.17, 15) is 5.11 Å². The zero-order valence-electron chi connectivity index (χ0n) is 10.5. The lowest BCUT2D eigenvalue weighted by molar-refractivity contribution is 0.169. The Hall–Kier alpha value is -0.790. The lowest BCUT2D eigenvalue weighted by atomic mass is 10.0. The molecule has 0 spiro atoms. The van der Waals surface area contributed by atoms with Crippen LogP contribution in [-0.2, 0) is 0 Å². The van der Waals surface area contributed by atoms with Gasteiger partial charge in [0.2, 0.25) is 0 Å². The van der Waals surface area contributed by atoms with Gasteiger partial charge in [-0.15, -0.1) is 0 Å². The average Bonchev–Trinajstić information content (AvgIpc) is 2.48. The maximum Gasteiger partial charge on any atom is 0.161 e. The monoisotopic (exact) mass is 446 g/mol. The number of fused-ring (bicyclic) bond motifs is 1. The summed E-state index contributed by atoms with van der Waals surface area (Å²) in [4.78, 5) is 0. The van der Waals surface area contributed by atoms with Crippen LogP contribution in [0.1, 0.15) is 17.2 Å². The summed E-state index contributed by atoms with van der Waals surface area (Å²) in [7, 11) is 0. The third kappa shape index (κ3) is 2.80. The number of hydrogen-bond acceptors (Lipinski definition) is 3. The Kier molecular flexibility index (Phi) is 4.18. The molecule has 3 rings (SSSR count). The number of rotatable bonds is 2. The predicted molar refractivity (Wildman–Crippen MR) is 88.4 cm³/mol. The second-order valence-electron chi connectivity index (χ2n) is 4.47. The number of ether oxygens (including phenoxy) is 2. The molecule has 1 unspecified atom stereocenters. The molecule has 1 atom stereocenters. The highest BCUT2D eigenvalue weighted by Gasteiger charge is 2.18. The van der Waals surface area contributed by atoms with Gasteiger partial charge in [0.05, 0.1) is 0 Å². The van der Waals surface area contributed by atoms with Crippen molar-refractivity contribution in [1.29, 1.82) is 0 Å². The van der Waals surface area contributed by atoms with E-state index in [4.69, 9.17) is 9.47 Å². The maximum atomic E-state index is 10.6. The third-order valence-electron chi connectivity index (χ3n) is 3.13. The smallest absolute Gasteiger partial charge is 0.161 e. The minimum absolute atomic E-state index is 0.541. The van der Waals surface area contributed by atoms with Gasteiger partial charge >= 0.3 is 0 Å². The number of benzene rings is 2. The Morgan fingerprint density at radius 1 is 1.05 bits per heavy atom. The number of halogens is 2. The SMILES string of the molecule is OC(c1ccc2c(c1)OCCO2)c1cc(I)ccc1Br. The molecule has 0 radical (unpaired) electrons. The van der Waals surface area contributed by atoms with Crippen molar-refractivity contribution < 1.29 is 14.6 Å². The van der Waals surface area contributed by atoms with Crippen LogP contribution < -0.4 is 9.47 Å². The van der Waals surface area contributed by atoms with Crippen molar-refractivity contribution in [3.8, 4) is 11.5 Å². The summed E-state index contributed by atoms with van der Waals surface area (Å²) in [5.41, 5.74) is 1.63. The molecule has 0 amide bonds. The Labute approximate surface area is 139 Å². The molecular formula is C15H12BrIO3. The Bertz CT molecular complexity index is 645. The highest BCUT2D eigenvalue weighted by molar-refractivity contribution is 14.1. The molecule has 1 heterocycles. The molecule has 0 saturated heterocycles. The van der Waals surface area contributed by atoms with Crippen LogP contribution in [0.25, 0.3) is 0 Å². The first kappa shape index (κ1) is 14.2. The predicted octanol–water partition coefficient (Wildman–Crippen LogP) is 3.91. The fourth-order valence-corrected chi connectivity index (χ4v) is 3.11. The third-order valence-corrected chi connectivity index (χ3v) is 4.53. The van der Waals surface area contributed by atoms with Crippen LogP contribution in [-0.4, -0.2) is 18.3 Å². The van der Waals surface area contributed by atoms with E-state index in [1.54, 1.807) is 0 Å². The topological polar surface area (TPSA) is 38.7 Å². The van der Waals surface area contributed by atoms with Gasteiger partial charge in [0.15, 0.2) is 11.5 Å². The van der Waals surface area contributed by atoms with Gasteiger partial charge in [-0.05, 0) is 58.5 Å². The molecule has 0 aliphatic carbocycles. The van der Waals surface area contributed by atoms with Gasteiger partial charge in [0, 0.05) is 13.6 Å². The molecule has 5 heteroatoms. The molecule has 0 aromatic heterocycles. The van der Waals surface area contributed by atoms with Gasteiger partial charge in [-0.2, -0.15) is 0 Å². The van der Waals surface area contributed by atoms with Crippen molar-refractivity contribution in [2.24, 2.45) is 0 Å². The standard InChI is InChI=1S/C15H12BrIO3/c16-12-3-2-10(17)8-11(12)15(18)9-1-4-13-14(7-9)20-6-5-19-13/h1-4,7-8,15,18H,5-6H2. The molecule has 2 aromatic carbocycles. The Morgan fingerprint density at radius 2 is 1.80 bits per heavy atom. The van der Waals surface area contributed by atoms with E-state index in [0.717, 1.165) is 24.9 Å². The summed E-state index contributed by atoms with van der Waals surface area (Å²) in [5.74, 6) is 1.42. The first-order valence-electron chi connectivity index (χ1n) is 6.18. The summed E-state index contributed by atoms with van der Waals surface area (Å²) >= 11 is 5.72. The molecule has 20 heavy (non-hydrogen) atoms. The summed E-state index contributed by atoms with van der Waals surface area (Å²) in [5, 5.41) is 10.6. The molecule has 1 aliphatic rings. The summed E-state index contributed by atoms with van der Waals surface area (Å²) in [6.45, 7) is 1.11. The van der Waals surface area contributed by atoms with Gasteiger partial charge in [0.1, 0.15) is 19.3 Å². The van der Waals surface area contributed by atoms with Crippen molar-refractivity contribution in [1.82, 2.24) is 0 Å². The molecule has 1 aliphatic heterocycles. The maximum absolute atomic E-state index is 10.6. The minimum Gasteiger partial charge on any atom is -0.486 e. The van der Waals surface area contributed by atoms with Crippen LogP contribution in [0.15, 0.2) is 40.9 Å². The Morgan fingerprint density at radius 3 is 2.60 bits per heavy atom. The van der Waals surface area contributed by atoms with Crippen molar-refractivity contribution in [2.75, 3.05) is 13.2 Å². The van der Waals surface area contributed by atoms with Crippen LogP contribution in [0.3, 0.4) is 0 Å². The number of aliphatic hydroxyl groups excluding tert-OH is 1. The van der Waals surface area contributed by atoms with Gasteiger partial charge in [-0.1, -0.05) is 22.0 Å². The molecule has 104 valence electrons. The first-order valence-corrected chi connectivity index (χ1v) is 8.05. The van der Waals surface area contributed by atoms with Crippen LogP contribution >= 0.6 is 38.5 Å². The molecule has 3 nitrogen and oxygen atoms in total. The van der Waals surface area contributed by atoms with Gasteiger partial charge in [0.25, 0.3) is 0 Å². The van der Waals surface area contributed by atoms with Crippen LogP contribution in [0.2, 0.25) is 0 Å². The van der Waals surface area contributed by atoms with E-state index in [1.807, 2.05) is 36.4 Å². The van der Waals surface area contributed by atoms with Crippen molar-refractivity contribution in [3.05, 3.63) is 55.6 Å². The van der Waals surface area contributed by atoms with Crippen molar-refractivity contribution >= 4 is 38.5 Å². The van der Waals surface area contributed by atoms with Gasteiger partial charge in [-0.3, -0.25) is 0 Å². The largest absolute Gasteiger partial charge is 0.486 e. The van der Waals surface area contributed by atoms with E-state index < -0.39 is 6.10 Å². The van der Waals surface area contributed by atoms with E-state index in [0.29, 0.717) is 19.0 Å². The van der Waals surface area contributed by atoms with E-state index in [-0.39, 0.29) is 0 Å². The minimum atomic E-state index is -0.699. The summed E-state index contributed by atoms with van der Waals surface area (Å²) < 4.78 is 13.0. The van der Waals surface area contributed by atoms with Crippen molar-refractivity contribution in [2.45, 2.75) is 6.10 Å². The summed E-state index contributed by atoms with van der Waals surface area (Å²) in [6, 6.07) is 11.4. The lowest BCUT2D eigenvalue weighted by Gasteiger charge is -2.20. The van der Waals surface area contributed by atoms with Crippen LogP contribution in [0, 0.1) is 3.57 Å². The lowest BCUT2D eigenvalue weighted by Crippen LogP contribution is -2.15. The average molecular weight is 447 g/mol. The summed E-state index contributed by atoms with van der Waals surface area (Å²) in [6.07, 6.45) is -0.699. The molecule has 2 aromatic rings. The Balaban J connectivity index is 1.97. The molecule has 0 bridgehead atoms. The highest BCUT2D eigenvalue weighted by atomic mass is 127. The fraction of sp³-hybridized carbons (Fsp3) is 0.200. The van der Waals surface area contributed by atoms with Crippen molar-refractivity contribution in [3.63, 3.8) is 0 Å². The van der Waals surface area contributed by atoms with Gasteiger partial charge < -0.3 is 14.6 Å². The number of hydrogen-bond donors (Lipinski definition) is 1. The first-order chi connectivity index (χ1) is 9.65. The molecule has 0 fully saturated rings. The van der Waals surface area contributed by atoms with E-state index in [1.165, 1.54) is 0 Å². The molecule has 1 N–H and O–H groups in total. The van der Waals surface area contributed by atoms with Gasteiger partial charge in [-0.25, -0.2) is 0 Å². The second kappa shape index (κ2) is 5.91. The number of aliphatic hydroxyl groups is 1. The molecular weight excluding hydrogens is 435 g/mol. The highest BCUT2D eigenvalue weighted by Crippen LogP contribution is 2.36. The van der Waals surface area contributed by atoms with E-state index in [2.05, 4.69) is 38.5 Å². The zero-order chi connectivity index (χ0) is 14.1. The van der Waals surface area contributed by atoms with Crippen LogP contribution in [0.5, 0.6) is 11.5 Å². The second-order valence-corrected chi connectivity index (χ2v) is 6.57. The quantitative estimate of drug-likeness (QED) is 0.711. The fourth-order valence-electron chi connectivity index (χ4n) is 2.13. The zero-order valence-corrected chi connectivity index (χ0v) is 14.2. The van der Waals surface area contributed by atoms with E-state index >= 15 is 0 Å². The van der Waals surface area contributed by atoms with Crippen LogP contribution in [0.4, 0.5) is 0 Å².